The Hall–Kier alpha value is -4.15. The van der Waals surface area contributed by atoms with E-state index in [1.807, 2.05) is 94.4 Å². The van der Waals surface area contributed by atoms with Crippen molar-refractivity contribution in [2.75, 3.05) is 29.6 Å². The van der Waals surface area contributed by atoms with Gasteiger partial charge in [0.1, 0.15) is 18.4 Å². The Bertz CT molecular complexity index is 1620. The van der Waals surface area contributed by atoms with Crippen molar-refractivity contribution >= 4 is 40.9 Å². The van der Waals surface area contributed by atoms with Gasteiger partial charge in [0.15, 0.2) is 11.5 Å². The molecule has 1 atom stereocenters. The number of aromatic nitrogens is 3. The first-order valence-corrected chi connectivity index (χ1v) is 15.5. The number of carbonyl (C=O) groups excluding carboxylic acids is 1. The van der Waals surface area contributed by atoms with Crippen molar-refractivity contribution in [3.8, 4) is 17.2 Å². The maximum Gasteiger partial charge on any atom is 0.255 e. The predicted octanol–water partition coefficient (Wildman–Crippen LogP) is 7.35. The minimum atomic E-state index is -0.585. The quantitative estimate of drug-likeness (QED) is 0.159. The largest absolute Gasteiger partial charge is 0.492 e. The van der Waals surface area contributed by atoms with E-state index < -0.39 is 6.04 Å². The molecule has 0 radical (unpaired) electrons. The third kappa shape index (κ3) is 6.92. The summed E-state index contributed by atoms with van der Waals surface area (Å²) < 4.78 is 19.7. The molecule has 0 aliphatic carbocycles. The number of amides is 1. The molecular formula is C32H34ClN5O4S. The van der Waals surface area contributed by atoms with Crippen LogP contribution in [-0.4, -0.2) is 39.6 Å². The summed E-state index contributed by atoms with van der Waals surface area (Å²) in [6.07, 6.45) is 0. The molecule has 1 aliphatic rings. The lowest BCUT2D eigenvalue weighted by Gasteiger charge is -2.29. The van der Waals surface area contributed by atoms with Gasteiger partial charge in [-0.05, 0) is 74.0 Å². The molecule has 43 heavy (non-hydrogen) atoms. The molecule has 0 saturated heterocycles. The molecule has 0 spiro atoms. The van der Waals surface area contributed by atoms with Gasteiger partial charge < -0.3 is 24.8 Å². The van der Waals surface area contributed by atoms with Crippen LogP contribution in [0.4, 0.5) is 11.6 Å². The van der Waals surface area contributed by atoms with Gasteiger partial charge in [0.05, 0.1) is 24.5 Å². The molecule has 224 valence electrons. The van der Waals surface area contributed by atoms with E-state index in [9.17, 15) is 4.79 Å². The van der Waals surface area contributed by atoms with E-state index in [0.717, 1.165) is 16.9 Å². The van der Waals surface area contributed by atoms with E-state index >= 15 is 0 Å². The zero-order valence-electron chi connectivity index (χ0n) is 24.5. The van der Waals surface area contributed by atoms with Gasteiger partial charge in [-0.3, -0.25) is 4.79 Å². The van der Waals surface area contributed by atoms with Crippen molar-refractivity contribution in [1.82, 2.24) is 14.8 Å². The number of carbonyl (C=O) groups is 1. The van der Waals surface area contributed by atoms with Crippen molar-refractivity contribution in [1.29, 1.82) is 0 Å². The third-order valence-electron chi connectivity index (χ3n) is 6.68. The number of fused-ring (bicyclic) bond motifs is 1. The fourth-order valence-corrected chi connectivity index (χ4v) is 5.47. The predicted molar refractivity (Wildman–Crippen MR) is 171 cm³/mol. The van der Waals surface area contributed by atoms with Crippen molar-refractivity contribution in [3.63, 3.8) is 0 Å². The molecule has 0 fully saturated rings. The van der Waals surface area contributed by atoms with Crippen LogP contribution in [-0.2, 0) is 11.4 Å². The smallest absolute Gasteiger partial charge is 0.255 e. The van der Waals surface area contributed by atoms with Gasteiger partial charge in [-0.2, -0.15) is 4.98 Å². The van der Waals surface area contributed by atoms with Crippen LogP contribution in [0.15, 0.2) is 83.2 Å². The molecule has 5 rings (SSSR count). The summed E-state index contributed by atoms with van der Waals surface area (Å²) in [7, 11) is 0. The highest BCUT2D eigenvalue weighted by Gasteiger charge is 2.35. The highest BCUT2D eigenvalue weighted by atomic mass is 35.5. The van der Waals surface area contributed by atoms with Crippen molar-refractivity contribution < 1.29 is 19.0 Å². The number of halogens is 1. The molecule has 2 heterocycles. The highest BCUT2D eigenvalue weighted by Crippen LogP contribution is 2.40. The van der Waals surface area contributed by atoms with Crippen molar-refractivity contribution in [2.24, 2.45) is 0 Å². The number of anilines is 2. The van der Waals surface area contributed by atoms with Crippen LogP contribution in [0.5, 0.6) is 17.2 Å². The number of rotatable bonds is 12. The topological polar surface area (TPSA) is 99.5 Å². The van der Waals surface area contributed by atoms with E-state index in [2.05, 4.69) is 15.6 Å². The van der Waals surface area contributed by atoms with E-state index in [0.29, 0.717) is 70.2 Å². The van der Waals surface area contributed by atoms with Gasteiger partial charge in [-0.15, -0.1) is 5.10 Å². The van der Waals surface area contributed by atoms with E-state index in [1.165, 1.54) is 11.8 Å². The molecule has 3 aromatic carbocycles. The maximum atomic E-state index is 14.0. The second kappa shape index (κ2) is 13.9. The standard InChI is InChI=1S/C32H34ClN5O4S/c1-5-40-25-11-9-8-10-24(25)35-30(39)28-20(4)34-31-36-32(43-7-3)37-38(31)29(28)22-14-17-26(27(18-22)41-6-2)42-19-21-12-15-23(33)16-13-21/h8-18,29H,5-7,19H2,1-4H3,(H,35,39)(H,34,36,37). The second-order valence-electron chi connectivity index (χ2n) is 9.60. The molecule has 9 nitrogen and oxygen atoms in total. The Morgan fingerprint density at radius 3 is 2.47 bits per heavy atom. The van der Waals surface area contributed by atoms with Crippen LogP contribution in [0.1, 0.15) is 44.9 Å². The van der Waals surface area contributed by atoms with Gasteiger partial charge in [-0.1, -0.05) is 60.6 Å². The molecule has 1 unspecified atom stereocenters. The highest BCUT2D eigenvalue weighted by molar-refractivity contribution is 7.99. The Labute approximate surface area is 260 Å². The first kappa shape index (κ1) is 30.3. The minimum Gasteiger partial charge on any atom is -0.492 e. The summed E-state index contributed by atoms with van der Waals surface area (Å²) in [4.78, 5) is 18.7. The van der Waals surface area contributed by atoms with Gasteiger partial charge in [0, 0.05) is 10.7 Å². The first-order valence-electron chi connectivity index (χ1n) is 14.2. The number of nitrogens with zero attached hydrogens (tertiary/aromatic N) is 3. The number of hydrogen-bond acceptors (Lipinski definition) is 8. The number of para-hydroxylation sites is 2. The van der Waals surface area contributed by atoms with Crippen LogP contribution in [0.25, 0.3) is 0 Å². The summed E-state index contributed by atoms with van der Waals surface area (Å²) in [5.74, 6) is 2.85. The zero-order valence-corrected chi connectivity index (χ0v) is 26.1. The number of nitrogens with one attached hydrogen (secondary N) is 2. The average Bonchev–Trinajstić information content (AvgIpc) is 3.40. The number of allylic oxidation sites excluding steroid dienone is 1. The van der Waals surface area contributed by atoms with Gasteiger partial charge >= 0.3 is 0 Å². The Balaban J connectivity index is 1.53. The molecule has 0 saturated carbocycles. The van der Waals surface area contributed by atoms with E-state index in [-0.39, 0.29) is 5.91 Å². The third-order valence-corrected chi connectivity index (χ3v) is 7.65. The Kier molecular flexibility index (Phi) is 9.79. The molecule has 1 aromatic heterocycles. The molecule has 11 heteroatoms. The Morgan fingerprint density at radius 2 is 1.72 bits per heavy atom. The molecule has 4 aromatic rings. The van der Waals surface area contributed by atoms with Crippen LogP contribution in [0.2, 0.25) is 5.02 Å². The number of ether oxygens (including phenoxy) is 3. The summed E-state index contributed by atoms with van der Waals surface area (Å²) in [6.45, 7) is 9.01. The lowest BCUT2D eigenvalue weighted by molar-refractivity contribution is -0.113. The van der Waals surface area contributed by atoms with Gasteiger partial charge in [-0.25, -0.2) is 4.68 Å². The van der Waals surface area contributed by atoms with Crippen LogP contribution in [0.3, 0.4) is 0 Å². The monoisotopic (exact) mass is 619 g/mol. The number of benzene rings is 3. The molecular weight excluding hydrogens is 586 g/mol. The summed E-state index contributed by atoms with van der Waals surface area (Å²) in [5, 5.41) is 12.4. The molecule has 1 amide bonds. The van der Waals surface area contributed by atoms with Gasteiger partial charge in [0.2, 0.25) is 11.1 Å². The fourth-order valence-electron chi connectivity index (χ4n) is 4.79. The van der Waals surface area contributed by atoms with Crippen LogP contribution in [0, 0.1) is 0 Å². The molecule has 0 bridgehead atoms. The SMILES string of the molecule is CCOc1ccccc1NC(=O)C1=C(C)Nc2nc(SCC)nn2C1c1ccc(OCc2ccc(Cl)cc2)c(OCC)c1. The van der Waals surface area contributed by atoms with Crippen LogP contribution >= 0.6 is 23.4 Å². The second-order valence-corrected chi connectivity index (χ2v) is 11.3. The zero-order chi connectivity index (χ0) is 30.3. The number of thioether (sulfide) groups is 1. The van der Waals surface area contributed by atoms with E-state index in [1.54, 1.807) is 4.68 Å². The average molecular weight is 620 g/mol. The number of hydrogen-bond donors (Lipinski definition) is 2. The lowest BCUT2D eigenvalue weighted by atomic mass is 9.94. The Morgan fingerprint density at radius 1 is 0.977 bits per heavy atom. The van der Waals surface area contributed by atoms with E-state index in [4.69, 9.17) is 30.9 Å². The van der Waals surface area contributed by atoms with Crippen molar-refractivity contribution in [3.05, 3.63) is 94.1 Å². The van der Waals surface area contributed by atoms with Crippen molar-refractivity contribution in [2.45, 2.75) is 45.5 Å². The fraction of sp³-hybridized carbons (Fsp3) is 0.281. The summed E-state index contributed by atoms with van der Waals surface area (Å²) in [6, 6.07) is 20.0. The van der Waals surface area contributed by atoms with Crippen LogP contribution < -0.4 is 24.8 Å². The molecule has 2 N–H and O–H groups in total. The lowest BCUT2D eigenvalue weighted by Crippen LogP contribution is -2.31. The first-order chi connectivity index (χ1) is 20.9. The minimum absolute atomic E-state index is 0.283. The van der Waals surface area contributed by atoms with Gasteiger partial charge in [0.25, 0.3) is 5.91 Å². The maximum absolute atomic E-state index is 14.0. The summed E-state index contributed by atoms with van der Waals surface area (Å²) >= 11 is 7.57. The molecule has 1 aliphatic heterocycles. The summed E-state index contributed by atoms with van der Waals surface area (Å²) in [5.41, 5.74) is 3.53. The normalized spacial score (nSPS) is 14.1.